The van der Waals surface area contributed by atoms with Gasteiger partial charge in [-0.2, -0.15) is 0 Å². The van der Waals surface area contributed by atoms with Crippen molar-refractivity contribution in [1.29, 1.82) is 0 Å². The topological polar surface area (TPSA) is 26.3 Å². The van der Waals surface area contributed by atoms with Gasteiger partial charge in [0.25, 0.3) is 0 Å². The quantitative estimate of drug-likeness (QED) is 0.741. The van der Waals surface area contributed by atoms with Crippen LogP contribution in [0, 0.1) is 5.82 Å². The number of ether oxygens (including phenoxy) is 1. The minimum Gasteiger partial charge on any atom is -0.495 e. The predicted molar refractivity (Wildman–Crippen MR) is 59.1 cm³/mol. The molecule has 1 aromatic carbocycles. The van der Waals surface area contributed by atoms with Crippen molar-refractivity contribution in [3.63, 3.8) is 0 Å². The van der Waals surface area contributed by atoms with Gasteiger partial charge >= 0.3 is 0 Å². The van der Waals surface area contributed by atoms with Crippen LogP contribution in [0.5, 0.6) is 5.75 Å². The smallest absolute Gasteiger partial charge is 0.136 e. The van der Waals surface area contributed by atoms with Crippen LogP contribution in [0.3, 0.4) is 0 Å². The van der Waals surface area contributed by atoms with E-state index in [1.54, 1.807) is 0 Å². The molecule has 0 N–H and O–H groups in total. The summed E-state index contributed by atoms with van der Waals surface area (Å²) in [6, 6.07) is 2.76. The van der Waals surface area contributed by atoms with Gasteiger partial charge in [-0.25, -0.2) is 4.39 Å². The number of methoxy groups -OCH3 is 1. The zero-order valence-corrected chi connectivity index (χ0v) is 9.78. The van der Waals surface area contributed by atoms with E-state index in [0.29, 0.717) is 16.2 Å². The minimum absolute atomic E-state index is 0.00838. The molecule has 1 rings (SSSR count). The van der Waals surface area contributed by atoms with Crippen molar-refractivity contribution in [2.75, 3.05) is 13.4 Å². The van der Waals surface area contributed by atoms with E-state index in [9.17, 15) is 9.18 Å². The second-order valence-corrected chi connectivity index (χ2v) is 4.03. The Morgan fingerprint density at radius 2 is 2.20 bits per heavy atom. The van der Waals surface area contributed by atoms with E-state index < -0.39 is 0 Å². The number of hydrogen-bond acceptors (Lipinski definition) is 3. The van der Waals surface area contributed by atoms with E-state index in [-0.39, 0.29) is 18.0 Å². The zero-order valence-electron chi connectivity index (χ0n) is 8.96. The van der Waals surface area contributed by atoms with Gasteiger partial charge in [-0.05, 0) is 25.3 Å². The third-order valence-electron chi connectivity index (χ3n) is 1.96. The van der Waals surface area contributed by atoms with Crippen LogP contribution in [-0.2, 0) is 11.2 Å². The average molecular weight is 228 g/mol. The second-order valence-electron chi connectivity index (χ2n) is 3.18. The van der Waals surface area contributed by atoms with Gasteiger partial charge in [0.1, 0.15) is 17.3 Å². The van der Waals surface area contributed by atoms with Crippen LogP contribution >= 0.6 is 11.8 Å². The van der Waals surface area contributed by atoms with Crippen molar-refractivity contribution in [2.24, 2.45) is 0 Å². The third kappa shape index (κ3) is 2.96. The summed E-state index contributed by atoms with van der Waals surface area (Å²) in [4.78, 5) is 11.7. The molecule has 2 nitrogen and oxygen atoms in total. The van der Waals surface area contributed by atoms with Gasteiger partial charge in [-0.15, -0.1) is 11.8 Å². The van der Waals surface area contributed by atoms with Crippen LogP contribution in [-0.4, -0.2) is 19.1 Å². The number of ketones is 1. The van der Waals surface area contributed by atoms with Crippen LogP contribution in [0.25, 0.3) is 0 Å². The molecule has 0 unspecified atom stereocenters. The number of carbonyl (C=O) groups excluding carboxylic acids is 1. The molecule has 0 aliphatic rings. The Morgan fingerprint density at radius 1 is 1.53 bits per heavy atom. The summed E-state index contributed by atoms with van der Waals surface area (Å²) in [5.41, 5.74) is 0.606. The fraction of sp³-hybridized carbons (Fsp3) is 0.364. The second kappa shape index (κ2) is 5.16. The standard InChI is InChI=1S/C11H13FO2S/c1-7(13)4-8-5-9(12)6-10(15-3)11(8)14-2/h5-6H,4H2,1-3H3. The highest BCUT2D eigenvalue weighted by molar-refractivity contribution is 7.98. The molecule has 0 aromatic heterocycles. The van der Waals surface area contributed by atoms with Gasteiger partial charge in [0, 0.05) is 12.0 Å². The number of Topliss-reactive ketones (excluding diaryl/α,β-unsaturated/α-hetero) is 1. The molecule has 0 radical (unpaired) electrons. The van der Waals surface area contributed by atoms with Gasteiger partial charge < -0.3 is 4.74 Å². The molecular formula is C11H13FO2S. The Morgan fingerprint density at radius 3 is 2.67 bits per heavy atom. The van der Waals surface area contributed by atoms with Gasteiger partial charge in [0.05, 0.1) is 12.0 Å². The first-order valence-corrected chi connectivity index (χ1v) is 5.70. The number of thioether (sulfide) groups is 1. The Hall–Kier alpha value is -1.03. The van der Waals surface area contributed by atoms with Crippen LogP contribution in [0.4, 0.5) is 4.39 Å². The third-order valence-corrected chi connectivity index (χ3v) is 2.70. The molecule has 0 aliphatic carbocycles. The predicted octanol–water partition coefficient (Wildman–Crippen LogP) is 2.69. The Balaban J connectivity index is 3.22. The van der Waals surface area contributed by atoms with Crippen molar-refractivity contribution in [3.8, 4) is 5.75 Å². The number of benzene rings is 1. The highest BCUT2D eigenvalue weighted by atomic mass is 32.2. The summed E-state index contributed by atoms with van der Waals surface area (Å²) in [6.45, 7) is 1.48. The van der Waals surface area contributed by atoms with E-state index in [2.05, 4.69) is 0 Å². The van der Waals surface area contributed by atoms with E-state index in [0.717, 1.165) is 0 Å². The Labute approximate surface area is 92.8 Å². The zero-order chi connectivity index (χ0) is 11.4. The lowest BCUT2D eigenvalue weighted by molar-refractivity contribution is -0.116. The van der Waals surface area contributed by atoms with Gasteiger partial charge in [0.2, 0.25) is 0 Å². The Kier molecular flexibility index (Phi) is 4.15. The van der Waals surface area contributed by atoms with E-state index in [1.165, 1.54) is 37.9 Å². The minimum atomic E-state index is -0.337. The molecule has 82 valence electrons. The van der Waals surface area contributed by atoms with Crippen molar-refractivity contribution < 1.29 is 13.9 Å². The summed E-state index contributed by atoms with van der Waals surface area (Å²) in [7, 11) is 1.52. The van der Waals surface area contributed by atoms with E-state index in [4.69, 9.17) is 4.74 Å². The number of hydrogen-bond donors (Lipinski definition) is 0. The number of rotatable bonds is 4. The highest BCUT2D eigenvalue weighted by Gasteiger charge is 2.12. The maximum Gasteiger partial charge on any atom is 0.136 e. The first-order valence-electron chi connectivity index (χ1n) is 4.48. The van der Waals surface area contributed by atoms with Gasteiger partial charge in [-0.1, -0.05) is 0 Å². The maximum atomic E-state index is 13.2. The monoisotopic (exact) mass is 228 g/mol. The molecule has 0 fully saturated rings. The molecule has 0 heterocycles. The van der Waals surface area contributed by atoms with Gasteiger partial charge in [0.15, 0.2) is 0 Å². The summed E-state index contributed by atoms with van der Waals surface area (Å²) in [6.07, 6.45) is 2.04. The summed E-state index contributed by atoms with van der Waals surface area (Å²) < 4.78 is 18.4. The fourth-order valence-corrected chi connectivity index (χ4v) is 2.04. The lowest BCUT2D eigenvalue weighted by Gasteiger charge is -2.11. The van der Waals surface area contributed by atoms with E-state index in [1.807, 2.05) is 6.26 Å². The van der Waals surface area contributed by atoms with Crippen molar-refractivity contribution in [2.45, 2.75) is 18.2 Å². The molecule has 0 aliphatic heterocycles. The molecule has 15 heavy (non-hydrogen) atoms. The lowest BCUT2D eigenvalue weighted by Crippen LogP contribution is -2.01. The number of halogens is 1. The molecule has 0 saturated heterocycles. The van der Waals surface area contributed by atoms with Crippen LogP contribution in [0.1, 0.15) is 12.5 Å². The van der Waals surface area contributed by atoms with Crippen molar-refractivity contribution >= 4 is 17.5 Å². The van der Waals surface area contributed by atoms with Crippen molar-refractivity contribution in [1.82, 2.24) is 0 Å². The summed E-state index contributed by atoms with van der Waals surface area (Å²) >= 11 is 1.40. The first-order chi connectivity index (χ1) is 7.08. The SMILES string of the molecule is COc1c(CC(C)=O)cc(F)cc1SC. The van der Waals surface area contributed by atoms with Crippen LogP contribution in [0.2, 0.25) is 0 Å². The van der Waals surface area contributed by atoms with Crippen LogP contribution in [0.15, 0.2) is 17.0 Å². The molecule has 0 spiro atoms. The van der Waals surface area contributed by atoms with E-state index >= 15 is 0 Å². The highest BCUT2D eigenvalue weighted by Crippen LogP contribution is 2.32. The largest absolute Gasteiger partial charge is 0.495 e. The molecule has 4 heteroatoms. The fourth-order valence-electron chi connectivity index (χ4n) is 1.41. The lowest BCUT2D eigenvalue weighted by atomic mass is 10.1. The molecule has 0 bridgehead atoms. The Bertz CT molecular complexity index is 377. The molecule has 0 saturated carbocycles. The molecular weight excluding hydrogens is 215 g/mol. The molecule has 0 atom stereocenters. The molecule has 0 amide bonds. The summed E-state index contributed by atoms with van der Waals surface area (Å²) in [5.74, 6) is 0.251. The number of carbonyl (C=O) groups is 1. The van der Waals surface area contributed by atoms with Crippen molar-refractivity contribution in [3.05, 3.63) is 23.5 Å². The van der Waals surface area contributed by atoms with Crippen LogP contribution < -0.4 is 4.74 Å². The maximum absolute atomic E-state index is 13.2. The first kappa shape index (κ1) is 12.0. The summed E-state index contributed by atoms with van der Waals surface area (Å²) in [5, 5.41) is 0. The normalized spacial score (nSPS) is 10.1. The average Bonchev–Trinajstić information content (AvgIpc) is 2.15. The molecule has 1 aromatic rings. The van der Waals surface area contributed by atoms with Gasteiger partial charge in [-0.3, -0.25) is 4.79 Å².